The molecule has 0 spiro atoms. The lowest BCUT2D eigenvalue weighted by Gasteiger charge is -2.37. The summed E-state index contributed by atoms with van der Waals surface area (Å²) in [6.07, 6.45) is -7.05. The lowest BCUT2D eigenvalue weighted by molar-refractivity contribution is -0.143. The van der Waals surface area contributed by atoms with Crippen LogP contribution in [0.2, 0.25) is 0 Å². The molecule has 1 saturated heterocycles. The van der Waals surface area contributed by atoms with Gasteiger partial charge in [-0.05, 0) is 92.6 Å². The lowest BCUT2D eigenvalue weighted by Crippen LogP contribution is -2.45. The zero-order valence-corrected chi connectivity index (χ0v) is 25.0. The number of alkyl halides is 6. The Bertz CT molecular complexity index is 1500. The highest BCUT2D eigenvalue weighted by molar-refractivity contribution is 7.14. The Balaban J connectivity index is 1.35. The highest BCUT2D eigenvalue weighted by Crippen LogP contribution is 2.45. The number of piperidine rings is 1. The number of aromatic nitrogens is 1. The summed E-state index contributed by atoms with van der Waals surface area (Å²) in [5.74, 6) is -0.942. The first-order valence-electron chi connectivity index (χ1n) is 14.4. The van der Waals surface area contributed by atoms with Gasteiger partial charge in [-0.1, -0.05) is 12.1 Å². The Morgan fingerprint density at radius 2 is 1.60 bits per heavy atom. The van der Waals surface area contributed by atoms with Gasteiger partial charge in [-0.15, -0.1) is 11.3 Å². The number of halogens is 7. The van der Waals surface area contributed by atoms with E-state index in [1.165, 1.54) is 19.1 Å². The quantitative estimate of drug-likeness (QED) is 0.263. The van der Waals surface area contributed by atoms with Crippen molar-refractivity contribution in [3.63, 3.8) is 0 Å². The van der Waals surface area contributed by atoms with Crippen molar-refractivity contribution in [1.29, 1.82) is 0 Å². The number of nitrogens with zero attached hydrogens (tertiary/aromatic N) is 2. The number of nitrogens with one attached hydrogen (secondary N) is 2. The summed E-state index contributed by atoms with van der Waals surface area (Å²) in [5, 5.41) is 7.12. The summed E-state index contributed by atoms with van der Waals surface area (Å²) in [4.78, 5) is 32.3. The maximum atomic E-state index is 13.9. The van der Waals surface area contributed by atoms with E-state index in [1.807, 2.05) is 0 Å². The minimum atomic E-state index is -5.01. The molecule has 2 fully saturated rings. The summed E-state index contributed by atoms with van der Waals surface area (Å²) in [6.45, 7) is 2.24. The highest BCUT2D eigenvalue weighted by Gasteiger charge is 2.50. The molecule has 2 heterocycles. The largest absolute Gasteiger partial charge is 0.416 e. The minimum Gasteiger partial charge on any atom is -0.351 e. The van der Waals surface area contributed by atoms with E-state index in [-0.39, 0.29) is 40.4 Å². The molecule has 0 bridgehead atoms. The normalized spacial score (nSPS) is 21.6. The van der Waals surface area contributed by atoms with Gasteiger partial charge in [-0.2, -0.15) is 26.3 Å². The summed E-state index contributed by atoms with van der Waals surface area (Å²) >= 11 is 1.13. The zero-order valence-electron chi connectivity index (χ0n) is 24.2. The van der Waals surface area contributed by atoms with Crippen LogP contribution in [-0.2, 0) is 33.9 Å². The smallest absolute Gasteiger partial charge is 0.351 e. The van der Waals surface area contributed by atoms with Crippen LogP contribution in [0.25, 0.3) is 0 Å². The third-order valence-corrected chi connectivity index (χ3v) is 9.45. The molecule has 0 radical (unpaired) electrons. The van der Waals surface area contributed by atoms with Gasteiger partial charge in [0.2, 0.25) is 11.8 Å². The van der Waals surface area contributed by atoms with Crippen LogP contribution in [0.1, 0.15) is 72.9 Å². The van der Waals surface area contributed by atoms with Gasteiger partial charge in [0.1, 0.15) is 5.82 Å². The molecular weight excluding hydrogens is 625 g/mol. The number of benzene rings is 2. The third kappa shape index (κ3) is 7.49. The van der Waals surface area contributed by atoms with Crippen LogP contribution in [0.5, 0.6) is 0 Å². The van der Waals surface area contributed by atoms with E-state index < -0.39 is 41.3 Å². The van der Waals surface area contributed by atoms with Gasteiger partial charge >= 0.3 is 12.4 Å². The third-order valence-electron chi connectivity index (χ3n) is 8.69. The predicted octanol–water partition coefficient (Wildman–Crippen LogP) is 7.26. The first-order valence-corrected chi connectivity index (χ1v) is 15.3. The molecule has 2 aromatic carbocycles. The number of thiazole rings is 1. The van der Waals surface area contributed by atoms with E-state index in [0.29, 0.717) is 37.1 Å². The monoisotopic (exact) mass is 656 g/mol. The van der Waals surface area contributed by atoms with Crippen LogP contribution in [0.15, 0.2) is 47.8 Å². The van der Waals surface area contributed by atoms with Crippen LogP contribution >= 0.6 is 11.3 Å². The molecule has 5 rings (SSSR count). The molecule has 1 aliphatic carbocycles. The van der Waals surface area contributed by atoms with Gasteiger partial charge in [-0.25, -0.2) is 9.37 Å². The van der Waals surface area contributed by atoms with Crippen molar-refractivity contribution in [2.24, 2.45) is 0 Å². The Labute approximate surface area is 259 Å². The maximum Gasteiger partial charge on any atom is 0.416 e. The molecule has 2 aliphatic rings. The van der Waals surface area contributed by atoms with E-state index in [2.05, 4.69) is 20.5 Å². The molecule has 2 atom stereocenters. The predicted molar refractivity (Wildman–Crippen MR) is 154 cm³/mol. The molecule has 1 saturated carbocycles. The molecule has 2 unspecified atom stereocenters. The van der Waals surface area contributed by atoms with Crippen LogP contribution < -0.4 is 10.6 Å². The van der Waals surface area contributed by atoms with Gasteiger partial charge in [0.05, 0.1) is 22.2 Å². The lowest BCUT2D eigenvalue weighted by atomic mass is 9.81. The summed E-state index contributed by atoms with van der Waals surface area (Å²) in [5.41, 5.74) is -3.01. The van der Waals surface area contributed by atoms with E-state index >= 15 is 0 Å². The van der Waals surface area contributed by atoms with E-state index in [0.717, 1.165) is 42.8 Å². The number of rotatable bonds is 7. The van der Waals surface area contributed by atoms with E-state index in [4.69, 9.17) is 0 Å². The van der Waals surface area contributed by atoms with Crippen molar-refractivity contribution in [3.05, 3.63) is 81.6 Å². The fourth-order valence-corrected chi connectivity index (χ4v) is 7.25. The Morgan fingerprint density at radius 3 is 2.18 bits per heavy atom. The van der Waals surface area contributed by atoms with E-state index in [9.17, 15) is 40.3 Å². The number of hydrogen-bond donors (Lipinski definition) is 2. The SMILES string of the molecule is CC(=O)Nc1nc(C2(C(=O)NCc3cc(C(F)(F)F)cc(C(F)(F)F)c3)CCC(N3CCC(c4ccc(F)cc4)CC3)C2)cs1. The van der Waals surface area contributed by atoms with E-state index in [1.54, 1.807) is 17.5 Å². The second kappa shape index (κ2) is 12.7. The Hall–Kier alpha value is -3.52. The highest BCUT2D eigenvalue weighted by atomic mass is 32.1. The van der Waals surface area contributed by atoms with Crippen LogP contribution in [0.4, 0.5) is 35.9 Å². The second-order valence-corrected chi connectivity index (χ2v) is 12.5. The first kappa shape index (κ1) is 32.9. The molecule has 1 aliphatic heterocycles. The topological polar surface area (TPSA) is 74.3 Å². The fraction of sp³-hybridized carbons (Fsp3) is 0.452. The molecule has 2 amide bonds. The Kier molecular flexibility index (Phi) is 9.28. The number of carbonyl (C=O) groups is 2. The summed E-state index contributed by atoms with van der Waals surface area (Å²) < 4.78 is 93.8. The van der Waals surface area contributed by atoms with Crippen molar-refractivity contribution in [2.75, 3.05) is 18.4 Å². The first-order chi connectivity index (χ1) is 21.1. The van der Waals surface area contributed by atoms with Crippen molar-refractivity contribution in [2.45, 2.75) is 75.3 Å². The fourth-order valence-electron chi connectivity index (χ4n) is 6.39. The standard InChI is InChI=1S/C31H31F7N4O2S/c1-18(43)40-28-41-26(17-45-28)29(27(44)39-16-19-12-22(30(33,34)35)14-23(13-19)31(36,37)38)9-6-25(15-29)42-10-7-21(8-11-42)20-2-4-24(32)5-3-20/h2-5,12-14,17,21,25H,6-11,15-16H2,1H3,(H,39,44)(H,40,41,43). The van der Waals surface area contributed by atoms with Crippen LogP contribution in [0.3, 0.4) is 0 Å². The van der Waals surface area contributed by atoms with Crippen molar-refractivity contribution in [3.8, 4) is 0 Å². The zero-order chi connectivity index (χ0) is 32.6. The second-order valence-electron chi connectivity index (χ2n) is 11.7. The van der Waals surface area contributed by atoms with Gasteiger partial charge in [0, 0.05) is 24.9 Å². The number of hydrogen-bond acceptors (Lipinski definition) is 5. The molecule has 3 aromatic rings. The molecule has 6 nitrogen and oxygen atoms in total. The molecule has 2 N–H and O–H groups in total. The van der Waals surface area contributed by atoms with Crippen molar-refractivity contribution < 1.29 is 40.3 Å². The number of anilines is 1. The number of amides is 2. The van der Waals surface area contributed by atoms with Gasteiger partial charge in [0.15, 0.2) is 5.13 Å². The molecule has 242 valence electrons. The summed E-state index contributed by atoms with van der Waals surface area (Å²) in [7, 11) is 0. The van der Waals surface area contributed by atoms with Crippen LogP contribution in [0, 0.1) is 5.82 Å². The number of carbonyl (C=O) groups excluding carboxylic acids is 2. The van der Waals surface area contributed by atoms with Crippen LogP contribution in [-0.4, -0.2) is 40.8 Å². The van der Waals surface area contributed by atoms with Gasteiger partial charge in [-0.3, -0.25) is 9.59 Å². The average Bonchev–Trinajstić information content (AvgIpc) is 3.64. The molecular formula is C31H31F7N4O2S. The Morgan fingerprint density at radius 1 is 0.978 bits per heavy atom. The average molecular weight is 657 g/mol. The van der Waals surface area contributed by atoms with Gasteiger partial charge < -0.3 is 15.5 Å². The molecule has 45 heavy (non-hydrogen) atoms. The summed E-state index contributed by atoms with van der Waals surface area (Å²) in [6, 6.07) is 7.68. The minimum absolute atomic E-state index is 0.0266. The van der Waals surface area contributed by atoms with Crippen molar-refractivity contribution >= 4 is 28.3 Å². The number of likely N-dealkylation sites (tertiary alicyclic amines) is 1. The maximum absolute atomic E-state index is 13.9. The molecule has 14 heteroatoms. The molecule has 1 aromatic heterocycles. The van der Waals surface area contributed by atoms with Gasteiger partial charge in [0.25, 0.3) is 0 Å². The van der Waals surface area contributed by atoms with Crippen molar-refractivity contribution in [1.82, 2.24) is 15.2 Å².